The number of carbonyl (C=O) groups excluding carboxylic acids is 1. The first-order valence-electron chi connectivity index (χ1n) is 7.88. The number of methoxy groups -OCH3 is 1. The standard InChI is InChI=1S/C17H23NO6/c1-11(2)24-14-5-4-12(8-15(14)22-3)17(21)18-6-7-23-13(10-18)9-16(19)20/h4-5,8,11,13H,6-7,9-10H2,1-3H3,(H,19,20). The van der Waals surface area contributed by atoms with Crippen LogP contribution in [0.5, 0.6) is 11.5 Å². The van der Waals surface area contributed by atoms with E-state index in [1.54, 1.807) is 23.1 Å². The van der Waals surface area contributed by atoms with E-state index in [1.165, 1.54) is 7.11 Å². The van der Waals surface area contributed by atoms with Gasteiger partial charge in [-0.25, -0.2) is 0 Å². The molecule has 0 aromatic heterocycles. The zero-order chi connectivity index (χ0) is 17.7. The summed E-state index contributed by atoms with van der Waals surface area (Å²) in [4.78, 5) is 25.1. The Bertz CT molecular complexity index is 601. The lowest BCUT2D eigenvalue weighted by atomic mass is 10.1. The molecule has 1 amide bonds. The summed E-state index contributed by atoms with van der Waals surface area (Å²) in [5, 5.41) is 8.86. The fourth-order valence-electron chi connectivity index (χ4n) is 2.56. The zero-order valence-electron chi connectivity index (χ0n) is 14.2. The molecule has 1 N–H and O–H groups in total. The third kappa shape index (κ3) is 4.61. The predicted molar refractivity (Wildman–Crippen MR) is 86.7 cm³/mol. The molecule has 1 aromatic carbocycles. The predicted octanol–water partition coefficient (Wildman–Crippen LogP) is 1.80. The molecule has 0 radical (unpaired) electrons. The van der Waals surface area contributed by atoms with E-state index in [0.717, 1.165) is 0 Å². The molecule has 1 atom stereocenters. The first kappa shape index (κ1) is 18.1. The molecule has 1 unspecified atom stereocenters. The highest BCUT2D eigenvalue weighted by atomic mass is 16.5. The number of benzene rings is 1. The van der Waals surface area contributed by atoms with Gasteiger partial charge in [-0.05, 0) is 32.0 Å². The highest BCUT2D eigenvalue weighted by Gasteiger charge is 2.27. The number of carboxylic acid groups (broad SMARTS) is 1. The van der Waals surface area contributed by atoms with E-state index in [-0.39, 0.29) is 25.0 Å². The van der Waals surface area contributed by atoms with Crippen LogP contribution in [0, 0.1) is 0 Å². The van der Waals surface area contributed by atoms with Gasteiger partial charge in [0.25, 0.3) is 5.91 Å². The largest absolute Gasteiger partial charge is 0.493 e. The topological polar surface area (TPSA) is 85.3 Å². The van der Waals surface area contributed by atoms with Crippen LogP contribution in [-0.4, -0.2) is 60.9 Å². The number of amides is 1. The first-order valence-corrected chi connectivity index (χ1v) is 7.88. The fraction of sp³-hybridized carbons (Fsp3) is 0.529. The van der Waals surface area contributed by atoms with E-state index in [1.807, 2.05) is 13.8 Å². The number of hydrogen-bond acceptors (Lipinski definition) is 5. The van der Waals surface area contributed by atoms with Crippen molar-refractivity contribution in [2.75, 3.05) is 26.8 Å². The Morgan fingerprint density at radius 3 is 2.75 bits per heavy atom. The number of rotatable bonds is 6. The van der Waals surface area contributed by atoms with Gasteiger partial charge in [0.05, 0.1) is 32.3 Å². The maximum absolute atomic E-state index is 12.7. The lowest BCUT2D eigenvalue weighted by Crippen LogP contribution is -2.46. The van der Waals surface area contributed by atoms with Crippen LogP contribution in [0.3, 0.4) is 0 Å². The summed E-state index contributed by atoms with van der Waals surface area (Å²) in [5.41, 5.74) is 0.471. The normalized spacial score (nSPS) is 17.7. The van der Waals surface area contributed by atoms with E-state index in [0.29, 0.717) is 30.2 Å². The van der Waals surface area contributed by atoms with Gasteiger partial charge < -0.3 is 24.2 Å². The van der Waals surface area contributed by atoms with Crippen LogP contribution in [0.25, 0.3) is 0 Å². The van der Waals surface area contributed by atoms with Crippen LogP contribution >= 0.6 is 0 Å². The summed E-state index contributed by atoms with van der Waals surface area (Å²) in [5.74, 6) is -0.0473. The Kier molecular flexibility index (Phi) is 6.03. The van der Waals surface area contributed by atoms with Gasteiger partial charge in [-0.3, -0.25) is 9.59 Å². The van der Waals surface area contributed by atoms with Crippen molar-refractivity contribution in [3.05, 3.63) is 23.8 Å². The van der Waals surface area contributed by atoms with Crippen molar-refractivity contribution in [1.82, 2.24) is 4.90 Å². The van der Waals surface area contributed by atoms with Crippen molar-refractivity contribution in [2.24, 2.45) is 0 Å². The molecule has 132 valence electrons. The van der Waals surface area contributed by atoms with Crippen LogP contribution < -0.4 is 9.47 Å². The third-order valence-electron chi connectivity index (χ3n) is 3.60. The minimum absolute atomic E-state index is 0.00327. The quantitative estimate of drug-likeness (QED) is 0.852. The molecule has 2 rings (SSSR count). The van der Waals surface area contributed by atoms with Gasteiger partial charge in [-0.15, -0.1) is 0 Å². The van der Waals surface area contributed by atoms with Crippen LogP contribution in [0.15, 0.2) is 18.2 Å². The smallest absolute Gasteiger partial charge is 0.306 e. The van der Waals surface area contributed by atoms with E-state index in [2.05, 4.69) is 0 Å². The van der Waals surface area contributed by atoms with E-state index in [4.69, 9.17) is 19.3 Å². The molecule has 0 saturated carbocycles. The second-order valence-electron chi connectivity index (χ2n) is 5.87. The number of carbonyl (C=O) groups is 2. The molecule has 1 aliphatic heterocycles. The van der Waals surface area contributed by atoms with E-state index >= 15 is 0 Å². The average Bonchev–Trinajstić information content (AvgIpc) is 2.53. The molecular formula is C17H23NO6. The summed E-state index contributed by atoms with van der Waals surface area (Å²) < 4.78 is 16.3. The van der Waals surface area contributed by atoms with E-state index in [9.17, 15) is 9.59 Å². The van der Waals surface area contributed by atoms with Crippen LogP contribution in [0.1, 0.15) is 30.6 Å². The van der Waals surface area contributed by atoms with Gasteiger partial charge in [-0.2, -0.15) is 0 Å². The molecule has 0 spiro atoms. The summed E-state index contributed by atoms with van der Waals surface area (Å²) >= 11 is 0. The Morgan fingerprint density at radius 2 is 2.12 bits per heavy atom. The maximum atomic E-state index is 12.7. The highest BCUT2D eigenvalue weighted by molar-refractivity contribution is 5.95. The van der Waals surface area contributed by atoms with Crippen molar-refractivity contribution in [3.8, 4) is 11.5 Å². The molecule has 1 fully saturated rings. The van der Waals surface area contributed by atoms with Crippen molar-refractivity contribution < 1.29 is 28.9 Å². The fourth-order valence-corrected chi connectivity index (χ4v) is 2.56. The third-order valence-corrected chi connectivity index (χ3v) is 3.60. The Hall–Kier alpha value is -2.28. The lowest BCUT2D eigenvalue weighted by Gasteiger charge is -2.32. The lowest BCUT2D eigenvalue weighted by molar-refractivity contribution is -0.141. The molecule has 1 saturated heterocycles. The minimum atomic E-state index is -0.939. The van der Waals surface area contributed by atoms with E-state index < -0.39 is 12.1 Å². The Labute approximate surface area is 141 Å². The van der Waals surface area contributed by atoms with Crippen LogP contribution in [0.2, 0.25) is 0 Å². The molecule has 7 heteroatoms. The maximum Gasteiger partial charge on any atom is 0.306 e. The monoisotopic (exact) mass is 337 g/mol. The van der Waals surface area contributed by atoms with Crippen molar-refractivity contribution in [1.29, 1.82) is 0 Å². The van der Waals surface area contributed by atoms with Crippen LogP contribution in [0.4, 0.5) is 0 Å². The minimum Gasteiger partial charge on any atom is -0.493 e. The van der Waals surface area contributed by atoms with Crippen LogP contribution in [-0.2, 0) is 9.53 Å². The van der Waals surface area contributed by atoms with Gasteiger partial charge in [-0.1, -0.05) is 0 Å². The molecule has 1 aromatic rings. The number of ether oxygens (including phenoxy) is 3. The average molecular weight is 337 g/mol. The van der Waals surface area contributed by atoms with Gasteiger partial charge in [0.15, 0.2) is 11.5 Å². The number of aliphatic carboxylic acids is 1. The first-order chi connectivity index (χ1) is 11.4. The van der Waals surface area contributed by atoms with Crippen molar-refractivity contribution >= 4 is 11.9 Å². The van der Waals surface area contributed by atoms with Gasteiger partial charge in [0.2, 0.25) is 0 Å². The van der Waals surface area contributed by atoms with Crippen molar-refractivity contribution in [2.45, 2.75) is 32.5 Å². The Morgan fingerprint density at radius 1 is 1.38 bits per heavy atom. The van der Waals surface area contributed by atoms with Gasteiger partial charge in [0.1, 0.15) is 0 Å². The highest BCUT2D eigenvalue weighted by Crippen LogP contribution is 2.29. The summed E-state index contributed by atoms with van der Waals surface area (Å²) in [6, 6.07) is 5.03. The molecule has 0 aliphatic carbocycles. The molecule has 7 nitrogen and oxygen atoms in total. The number of hydrogen-bond donors (Lipinski definition) is 1. The second-order valence-corrected chi connectivity index (χ2v) is 5.87. The number of nitrogens with zero attached hydrogens (tertiary/aromatic N) is 1. The molecular weight excluding hydrogens is 314 g/mol. The molecule has 1 aliphatic rings. The number of carboxylic acids is 1. The van der Waals surface area contributed by atoms with Gasteiger partial charge in [0, 0.05) is 18.7 Å². The summed E-state index contributed by atoms with van der Waals surface area (Å²) in [7, 11) is 1.52. The van der Waals surface area contributed by atoms with Gasteiger partial charge >= 0.3 is 5.97 Å². The second kappa shape index (κ2) is 8.01. The molecule has 24 heavy (non-hydrogen) atoms. The SMILES string of the molecule is COc1cc(C(=O)N2CCOC(CC(=O)O)C2)ccc1OC(C)C. The van der Waals surface area contributed by atoms with Crippen molar-refractivity contribution in [3.63, 3.8) is 0 Å². The zero-order valence-corrected chi connectivity index (χ0v) is 14.2. The summed E-state index contributed by atoms with van der Waals surface area (Å²) in [6.45, 7) is 4.85. The molecule has 1 heterocycles. The Balaban J connectivity index is 2.12. The molecule has 0 bridgehead atoms. The number of morpholine rings is 1. The summed E-state index contributed by atoms with van der Waals surface area (Å²) in [6.07, 6.45) is -0.601.